The molecular weight excluding hydrogens is 286 g/mol. The molecule has 0 bridgehead atoms. The first-order valence-corrected chi connectivity index (χ1v) is 7.96. The Hall–Kier alpha value is -1.43. The molecule has 5 heteroatoms. The summed E-state index contributed by atoms with van der Waals surface area (Å²) in [5, 5.41) is 4.48. The van der Waals surface area contributed by atoms with Crippen molar-refractivity contribution in [3.05, 3.63) is 34.7 Å². The van der Waals surface area contributed by atoms with Crippen molar-refractivity contribution in [2.75, 3.05) is 26.8 Å². The number of esters is 1. The van der Waals surface area contributed by atoms with Gasteiger partial charge in [0.05, 0.1) is 19.8 Å². The van der Waals surface area contributed by atoms with Crippen molar-refractivity contribution in [2.24, 2.45) is 0 Å². The molecule has 2 atom stereocenters. The smallest absolute Gasteiger partial charge is 0.348 e. The third kappa shape index (κ3) is 2.69. The van der Waals surface area contributed by atoms with Gasteiger partial charge in [-0.15, -0.1) is 11.3 Å². The Balaban J connectivity index is 2.07. The van der Waals surface area contributed by atoms with Gasteiger partial charge in [-0.3, -0.25) is 0 Å². The monoisotopic (exact) mass is 305 g/mol. The number of thiophene rings is 1. The highest BCUT2D eigenvalue weighted by Gasteiger charge is 2.29. The molecule has 1 aliphatic rings. The van der Waals surface area contributed by atoms with E-state index in [0.29, 0.717) is 11.5 Å². The fourth-order valence-corrected chi connectivity index (χ4v) is 4.08. The summed E-state index contributed by atoms with van der Waals surface area (Å²) in [5.41, 5.74) is 1.05. The lowest BCUT2D eigenvalue weighted by molar-refractivity contribution is 0.0147. The van der Waals surface area contributed by atoms with Crippen LogP contribution in [-0.2, 0) is 9.47 Å². The van der Waals surface area contributed by atoms with E-state index in [2.05, 4.69) is 18.3 Å². The lowest BCUT2D eigenvalue weighted by Gasteiger charge is -2.29. The third-order valence-corrected chi connectivity index (χ3v) is 5.14. The van der Waals surface area contributed by atoms with Crippen LogP contribution in [0.15, 0.2) is 24.3 Å². The van der Waals surface area contributed by atoms with Gasteiger partial charge >= 0.3 is 5.97 Å². The Labute approximate surface area is 128 Å². The lowest BCUT2D eigenvalue weighted by Crippen LogP contribution is -2.41. The number of hydrogen-bond acceptors (Lipinski definition) is 5. The summed E-state index contributed by atoms with van der Waals surface area (Å²) >= 11 is 1.50. The minimum atomic E-state index is -0.262. The van der Waals surface area contributed by atoms with Gasteiger partial charge in [-0.05, 0) is 17.0 Å². The number of rotatable bonds is 3. The molecule has 112 valence electrons. The maximum atomic E-state index is 12.1. The van der Waals surface area contributed by atoms with Crippen LogP contribution in [0.5, 0.6) is 0 Å². The molecule has 2 heterocycles. The molecule has 1 fully saturated rings. The number of carbonyl (C=O) groups excluding carboxylic acids is 1. The maximum Gasteiger partial charge on any atom is 0.348 e. The zero-order chi connectivity index (χ0) is 14.8. The molecule has 1 aliphatic heterocycles. The van der Waals surface area contributed by atoms with Crippen molar-refractivity contribution in [1.29, 1.82) is 0 Å². The van der Waals surface area contributed by atoms with Gasteiger partial charge in [-0.2, -0.15) is 0 Å². The Morgan fingerprint density at radius 3 is 3.00 bits per heavy atom. The second-order valence-corrected chi connectivity index (χ2v) is 6.29. The van der Waals surface area contributed by atoms with Crippen LogP contribution in [0.1, 0.15) is 28.1 Å². The Bertz CT molecular complexity index is 646. The first-order chi connectivity index (χ1) is 10.2. The Morgan fingerprint density at radius 2 is 2.29 bits per heavy atom. The van der Waals surface area contributed by atoms with Crippen molar-refractivity contribution < 1.29 is 14.3 Å². The van der Waals surface area contributed by atoms with E-state index in [1.807, 2.05) is 18.2 Å². The molecule has 0 spiro atoms. The SMILES string of the molecule is COC(=O)c1sc2ccccc2c1C(C)C1CNCCO1. The van der Waals surface area contributed by atoms with E-state index in [0.717, 1.165) is 28.7 Å². The van der Waals surface area contributed by atoms with Crippen LogP contribution in [0.2, 0.25) is 0 Å². The maximum absolute atomic E-state index is 12.1. The zero-order valence-corrected chi connectivity index (χ0v) is 13.0. The molecule has 3 rings (SSSR count). The highest BCUT2D eigenvalue weighted by atomic mass is 32.1. The molecule has 21 heavy (non-hydrogen) atoms. The van der Waals surface area contributed by atoms with Gasteiger partial charge < -0.3 is 14.8 Å². The van der Waals surface area contributed by atoms with Gasteiger partial charge in [0.25, 0.3) is 0 Å². The summed E-state index contributed by atoms with van der Waals surface area (Å²) in [5.74, 6) is -0.120. The van der Waals surface area contributed by atoms with Crippen LogP contribution in [0, 0.1) is 0 Å². The second kappa shape index (κ2) is 6.13. The predicted octanol–water partition coefficient (Wildman–Crippen LogP) is 2.78. The zero-order valence-electron chi connectivity index (χ0n) is 12.2. The van der Waals surface area contributed by atoms with E-state index >= 15 is 0 Å². The van der Waals surface area contributed by atoms with E-state index in [1.165, 1.54) is 18.4 Å². The highest BCUT2D eigenvalue weighted by molar-refractivity contribution is 7.21. The van der Waals surface area contributed by atoms with Crippen LogP contribution >= 0.6 is 11.3 Å². The summed E-state index contributed by atoms with van der Waals surface area (Å²) in [6.07, 6.45) is 0.0835. The molecule has 1 aromatic carbocycles. The molecule has 1 N–H and O–H groups in total. The van der Waals surface area contributed by atoms with Crippen LogP contribution < -0.4 is 5.32 Å². The van der Waals surface area contributed by atoms with Crippen LogP contribution in [0.3, 0.4) is 0 Å². The van der Waals surface area contributed by atoms with Gasteiger partial charge in [0.1, 0.15) is 4.88 Å². The van der Waals surface area contributed by atoms with Crippen molar-refractivity contribution in [2.45, 2.75) is 18.9 Å². The summed E-state index contributed by atoms with van der Waals surface area (Å²) in [4.78, 5) is 12.8. The molecule has 0 radical (unpaired) electrons. The van der Waals surface area contributed by atoms with Gasteiger partial charge in [0, 0.05) is 23.7 Å². The fourth-order valence-electron chi connectivity index (χ4n) is 2.85. The molecule has 4 nitrogen and oxygen atoms in total. The first-order valence-electron chi connectivity index (χ1n) is 7.14. The Kier molecular flexibility index (Phi) is 4.24. The molecule has 0 aliphatic carbocycles. The molecular formula is C16H19NO3S. The average Bonchev–Trinajstić information content (AvgIpc) is 2.93. The average molecular weight is 305 g/mol. The highest BCUT2D eigenvalue weighted by Crippen LogP contribution is 2.38. The molecule has 1 aromatic heterocycles. The van der Waals surface area contributed by atoms with Gasteiger partial charge in [-0.25, -0.2) is 4.79 Å². The standard InChI is InChI=1S/C16H19NO3S/c1-10(12-9-17-7-8-20-12)14-11-5-3-4-6-13(11)21-15(14)16(18)19-2/h3-6,10,12,17H,7-9H2,1-2H3. The Morgan fingerprint density at radius 1 is 1.48 bits per heavy atom. The summed E-state index contributed by atoms with van der Waals surface area (Å²) < 4.78 is 11.9. The summed E-state index contributed by atoms with van der Waals surface area (Å²) in [6.45, 7) is 4.53. The van der Waals surface area contributed by atoms with Crippen molar-refractivity contribution in [3.8, 4) is 0 Å². The predicted molar refractivity (Wildman–Crippen MR) is 84.2 cm³/mol. The molecule has 0 saturated carbocycles. The largest absolute Gasteiger partial charge is 0.465 e. The number of fused-ring (bicyclic) bond motifs is 1. The van der Waals surface area contributed by atoms with Crippen LogP contribution in [-0.4, -0.2) is 38.9 Å². The van der Waals surface area contributed by atoms with Crippen LogP contribution in [0.4, 0.5) is 0 Å². The number of nitrogens with one attached hydrogen (secondary N) is 1. The molecule has 1 saturated heterocycles. The fraction of sp³-hybridized carbons (Fsp3) is 0.438. The van der Waals surface area contributed by atoms with E-state index < -0.39 is 0 Å². The van der Waals surface area contributed by atoms with E-state index in [-0.39, 0.29) is 18.0 Å². The number of morpholine rings is 1. The lowest BCUT2D eigenvalue weighted by atomic mass is 9.92. The molecule has 2 unspecified atom stereocenters. The number of ether oxygens (including phenoxy) is 2. The topological polar surface area (TPSA) is 47.6 Å². The van der Waals surface area contributed by atoms with E-state index in [1.54, 1.807) is 0 Å². The summed E-state index contributed by atoms with van der Waals surface area (Å²) in [7, 11) is 1.43. The van der Waals surface area contributed by atoms with Crippen molar-refractivity contribution >= 4 is 27.4 Å². The minimum absolute atomic E-state index is 0.0835. The van der Waals surface area contributed by atoms with Crippen molar-refractivity contribution in [1.82, 2.24) is 5.32 Å². The number of carbonyl (C=O) groups is 1. The third-order valence-electron chi connectivity index (χ3n) is 3.97. The van der Waals surface area contributed by atoms with E-state index in [4.69, 9.17) is 9.47 Å². The quantitative estimate of drug-likeness (QED) is 0.886. The minimum Gasteiger partial charge on any atom is -0.465 e. The van der Waals surface area contributed by atoms with Gasteiger partial charge in [0.15, 0.2) is 0 Å². The number of benzene rings is 1. The number of methoxy groups -OCH3 is 1. The van der Waals surface area contributed by atoms with Gasteiger partial charge in [-0.1, -0.05) is 25.1 Å². The number of hydrogen-bond donors (Lipinski definition) is 1. The van der Waals surface area contributed by atoms with E-state index in [9.17, 15) is 4.79 Å². The molecule has 0 amide bonds. The molecule has 2 aromatic rings. The first kappa shape index (κ1) is 14.5. The van der Waals surface area contributed by atoms with Crippen LogP contribution in [0.25, 0.3) is 10.1 Å². The van der Waals surface area contributed by atoms with Crippen molar-refractivity contribution in [3.63, 3.8) is 0 Å². The summed E-state index contributed by atoms with van der Waals surface area (Å²) in [6, 6.07) is 8.11. The second-order valence-electron chi connectivity index (χ2n) is 5.23. The normalized spacial score (nSPS) is 20.4. The van der Waals surface area contributed by atoms with Gasteiger partial charge in [0.2, 0.25) is 0 Å².